The van der Waals surface area contributed by atoms with Gasteiger partial charge in [-0.2, -0.15) is 10.2 Å². The van der Waals surface area contributed by atoms with Crippen molar-refractivity contribution in [2.24, 2.45) is 16.1 Å². The minimum atomic E-state index is 0.253. The van der Waals surface area contributed by atoms with E-state index in [9.17, 15) is 0 Å². The Bertz CT molecular complexity index is 297. The maximum absolute atomic E-state index is 8.03. The number of azo groups is 1. The largest absolute Gasteiger partial charge is 0.348 e. The number of hydrogen-bond acceptors (Lipinski definition) is 3. The quantitative estimate of drug-likeness (QED) is 0.548. The molecule has 15 heavy (non-hydrogen) atoms. The number of hydrogen-bond donors (Lipinski definition) is 1. The third-order valence-corrected chi connectivity index (χ3v) is 2.50. The van der Waals surface area contributed by atoms with Crippen LogP contribution in [0.25, 0.3) is 0 Å². The molecule has 0 aliphatic carbocycles. The van der Waals surface area contributed by atoms with Crippen LogP contribution in [0.2, 0.25) is 0 Å². The van der Waals surface area contributed by atoms with Gasteiger partial charge in [0.2, 0.25) is 0 Å². The molecule has 1 atom stereocenters. The van der Waals surface area contributed by atoms with Gasteiger partial charge in [-0.3, -0.25) is 5.41 Å². The van der Waals surface area contributed by atoms with Crippen molar-refractivity contribution >= 4 is 5.84 Å². The maximum Gasteiger partial charge on any atom is 0.0993 e. The van der Waals surface area contributed by atoms with Crippen LogP contribution >= 0.6 is 0 Å². The zero-order valence-corrected chi connectivity index (χ0v) is 9.45. The predicted molar refractivity (Wildman–Crippen MR) is 61.9 cm³/mol. The normalized spacial score (nSPS) is 18.9. The van der Waals surface area contributed by atoms with Crippen molar-refractivity contribution < 1.29 is 0 Å². The van der Waals surface area contributed by atoms with Gasteiger partial charge in [-0.25, -0.2) is 0 Å². The first-order valence-corrected chi connectivity index (χ1v) is 5.15. The summed E-state index contributed by atoms with van der Waals surface area (Å²) in [6, 6.07) is 0. The Morgan fingerprint density at radius 1 is 1.40 bits per heavy atom. The van der Waals surface area contributed by atoms with Crippen LogP contribution in [0.4, 0.5) is 0 Å². The molecule has 0 bridgehead atoms. The van der Waals surface area contributed by atoms with E-state index in [4.69, 9.17) is 5.41 Å². The molecule has 0 aromatic heterocycles. The van der Waals surface area contributed by atoms with E-state index in [2.05, 4.69) is 30.3 Å². The topological polar surface area (TPSA) is 51.8 Å². The molecule has 1 aliphatic heterocycles. The second-order valence-corrected chi connectivity index (χ2v) is 3.88. The van der Waals surface area contributed by atoms with Crippen LogP contribution in [0, 0.1) is 11.3 Å². The molecule has 0 saturated heterocycles. The lowest BCUT2D eigenvalue weighted by Crippen LogP contribution is -2.36. The molecule has 0 radical (unpaired) electrons. The van der Waals surface area contributed by atoms with Crippen molar-refractivity contribution in [3.8, 4) is 0 Å². The Morgan fingerprint density at radius 2 is 1.87 bits per heavy atom. The summed E-state index contributed by atoms with van der Waals surface area (Å²) in [5.41, 5.74) is 1.36. The molecular formula is C11H18N4. The lowest BCUT2D eigenvalue weighted by atomic mass is 10.1. The van der Waals surface area contributed by atoms with Gasteiger partial charge in [0.25, 0.3) is 0 Å². The molecule has 0 aromatic rings. The standard InChI is InChI=1S/C11H18N4/c1-5-8(2)11(12)15-6-9(3)13-14-10(4)7-15/h8,12H,3-7H2,1-2H3. The number of rotatable bonds is 2. The monoisotopic (exact) mass is 206 g/mol. The van der Waals surface area contributed by atoms with Crippen LogP contribution in [0.3, 0.4) is 0 Å². The summed E-state index contributed by atoms with van der Waals surface area (Å²) in [4.78, 5) is 1.93. The van der Waals surface area contributed by atoms with Crippen molar-refractivity contribution in [3.05, 3.63) is 24.6 Å². The molecule has 0 spiro atoms. The highest BCUT2D eigenvalue weighted by Crippen LogP contribution is 2.15. The summed E-state index contributed by atoms with van der Waals surface area (Å²) in [7, 11) is 0. The van der Waals surface area contributed by atoms with Gasteiger partial charge >= 0.3 is 0 Å². The van der Waals surface area contributed by atoms with Gasteiger partial charge in [-0.1, -0.05) is 27.0 Å². The third-order valence-electron chi connectivity index (χ3n) is 2.50. The van der Waals surface area contributed by atoms with Gasteiger partial charge in [-0.05, 0) is 6.42 Å². The van der Waals surface area contributed by atoms with Crippen molar-refractivity contribution in [3.63, 3.8) is 0 Å². The first-order chi connectivity index (χ1) is 7.04. The Hall–Kier alpha value is -1.45. The molecule has 0 amide bonds. The lowest BCUT2D eigenvalue weighted by Gasteiger charge is -2.26. The Morgan fingerprint density at radius 3 is 2.27 bits per heavy atom. The molecule has 1 aliphatic rings. The van der Waals surface area contributed by atoms with E-state index < -0.39 is 0 Å². The maximum atomic E-state index is 8.03. The second-order valence-electron chi connectivity index (χ2n) is 3.88. The fraction of sp³-hybridized carbons (Fsp3) is 0.545. The lowest BCUT2D eigenvalue weighted by molar-refractivity contribution is 0.455. The summed E-state index contributed by atoms with van der Waals surface area (Å²) in [5.74, 6) is 0.871. The molecule has 4 heteroatoms. The highest BCUT2D eigenvalue weighted by molar-refractivity contribution is 5.81. The highest BCUT2D eigenvalue weighted by Gasteiger charge is 2.18. The van der Waals surface area contributed by atoms with E-state index in [0.29, 0.717) is 30.3 Å². The molecule has 0 aromatic carbocycles. The summed E-state index contributed by atoms with van der Waals surface area (Å²) < 4.78 is 0. The van der Waals surface area contributed by atoms with Crippen molar-refractivity contribution in [1.82, 2.24) is 4.90 Å². The molecule has 1 unspecified atom stereocenters. The van der Waals surface area contributed by atoms with E-state index in [-0.39, 0.29) is 5.92 Å². The Kier molecular flexibility index (Phi) is 3.77. The Labute approximate surface area is 90.9 Å². The fourth-order valence-corrected chi connectivity index (χ4v) is 1.38. The van der Waals surface area contributed by atoms with E-state index >= 15 is 0 Å². The highest BCUT2D eigenvalue weighted by atomic mass is 15.3. The van der Waals surface area contributed by atoms with Crippen molar-refractivity contribution in [2.45, 2.75) is 20.3 Å². The van der Waals surface area contributed by atoms with Crippen LogP contribution in [-0.4, -0.2) is 23.8 Å². The third kappa shape index (κ3) is 3.01. The van der Waals surface area contributed by atoms with E-state index in [1.165, 1.54) is 0 Å². The van der Waals surface area contributed by atoms with Gasteiger partial charge in [0.05, 0.1) is 30.3 Å². The average Bonchev–Trinajstić information content (AvgIpc) is 2.38. The van der Waals surface area contributed by atoms with Gasteiger partial charge < -0.3 is 4.90 Å². The molecule has 1 heterocycles. The van der Waals surface area contributed by atoms with Crippen LogP contribution < -0.4 is 0 Å². The molecular weight excluding hydrogens is 188 g/mol. The van der Waals surface area contributed by atoms with Crippen LogP contribution in [0.5, 0.6) is 0 Å². The van der Waals surface area contributed by atoms with Gasteiger partial charge in [-0.15, -0.1) is 0 Å². The number of nitrogens with one attached hydrogen (secondary N) is 1. The molecule has 82 valence electrons. The van der Waals surface area contributed by atoms with Crippen molar-refractivity contribution in [2.75, 3.05) is 13.1 Å². The van der Waals surface area contributed by atoms with Crippen molar-refractivity contribution in [1.29, 1.82) is 5.41 Å². The molecule has 4 nitrogen and oxygen atoms in total. The van der Waals surface area contributed by atoms with Gasteiger partial charge in [0.15, 0.2) is 0 Å². The van der Waals surface area contributed by atoms with E-state index in [0.717, 1.165) is 6.42 Å². The number of amidine groups is 1. The van der Waals surface area contributed by atoms with E-state index in [1.807, 2.05) is 11.8 Å². The molecule has 0 saturated carbocycles. The zero-order valence-electron chi connectivity index (χ0n) is 9.45. The minimum absolute atomic E-state index is 0.253. The molecule has 1 N–H and O–H groups in total. The first-order valence-electron chi connectivity index (χ1n) is 5.15. The van der Waals surface area contributed by atoms with Crippen LogP contribution in [0.1, 0.15) is 20.3 Å². The van der Waals surface area contributed by atoms with E-state index in [1.54, 1.807) is 0 Å². The average molecular weight is 206 g/mol. The molecule has 0 fully saturated rings. The number of nitrogens with zero attached hydrogens (tertiary/aromatic N) is 3. The summed E-state index contributed by atoms with van der Waals surface area (Å²) >= 11 is 0. The van der Waals surface area contributed by atoms with Gasteiger partial charge in [0.1, 0.15) is 0 Å². The minimum Gasteiger partial charge on any atom is -0.348 e. The van der Waals surface area contributed by atoms with Gasteiger partial charge in [0, 0.05) is 5.92 Å². The predicted octanol–water partition coefficient (Wildman–Crippen LogP) is 2.80. The van der Waals surface area contributed by atoms with Crippen LogP contribution in [0.15, 0.2) is 34.8 Å². The SMILES string of the molecule is C=C1CN(C(=N)C(C)CC)CC(=C)N=N1. The Balaban J connectivity index is 2.74. The fourth-order valence-electron chi connectivity index (χ4n) is 1.38. The second kappa shape index (κ2) is 4.87. The smallest absolute Gasteiger partial charge is 0.0993 e. The van der Waals surface area contributed by atoms with Crippen LogP contribution in [-0.2, 0) is 0 Å². The zero-order chi connectivity index (χ0) is 11.4. The summed E-state index contributed by atoms with van der Waals surface area (Å²) in [6.07, 6.45) is 0.961. The first kappa shape index (κ1) is 11.6. The molecule has 1 rings (SSSR count). The summed E-state index contributed by atoms with van der Waals surface area (Å²) in [5, 5.41) is 15.9. The summed E-state index contributed by atoms with van der Waals surface area (Å²) in [6.45, 7) is 12.9.